The summed E-state index contributed by atoms with van der Waals surface area (Å²) in [5.41, 5.74) is 0.516. The largest absolute Gasteiger partial charge is 0.480 e. The second-order valence-electron chi connectivity index (χ2n) is 6.62. The maximum atomic E-state index is 11.8. The molecular formula is C19H26N2O4S. The molecule has 1 atom stereocenters. The zero-order chi connectivity index (χ0) is 19.4. The average molecular weight is 378 g/mol. The first-order valence-electron chi connectivity index (χ1n) is 8.53. The summed E-state index contributed by atoms with van der Waals surface area (Å²) in [6, 6.07) is 10.5. The molecule has 26 heavy (non-hydrogen) atoms. The summed E-state index contributed by atoms with van der Waals surface area (Å²) in [5, 5.41) is 20.6. The van der Waals surface area contributed by atoms with Crippen molar-refractivity contribution in [2.75, 3.05) is 11.5 Å². The standard InChI is InChI=1S/C19H26N2O4S/c1-19(2,14-20)10-6-7-11-26-13-16(17(22)23)21-18(24)25-12-15-8-4-3-5-9-15/h3-5,8-9,16H,6-7,10-13H2,1-2H3,(H,21,24)(H,22,23). The van der Waals surface area contributed by atoms with E-state index < -0.39 is 18.1 Å². The second kappa shape index (κ2) is 11.4. The molecule has 1 aromatic carbocycles. The van der Waals surface area contributed by atoms with Crippen molar-refractivity contribution in [3.8, 4) is 6.07 Å². The van der Waals surface area contributed by atoms with Crippen LogP contribution in [0.5, 0.6) is 0 Å². The highest BCUT2D eigenvalue weighted by Gasteiger charge is 2.21. The Morgan fingerprint density at radius 3 is 2.62 bits per heavy atom. The molecule has 0 bridgehead atoms. The van der Waals surface area contributed by atoms with Gasteiger partial charge in [0.25, 0.3) is 0 Å². The van der Waals surface area contributed by atoms with E-state index in [4.69, 9.17) is 10.00 Å². The number of benzene rings is 1. The fraction of sp³-hybridized carbons (Fsp3) is 0.526. The molecule has 0 spiro atoms. The molecular weight excluding hydrogens is 352 g/mol. The first-order valence-corrected chi connectivity index (χ1v) is 9.68. The quantitative estimate of drug-likeness (QED) is 0.568. The number of thioether (sulfide) groups is 1. The van der Waals surface area contributed by atoms with E-state index in [1.165, 1.54) is 11.8 Å². The molecule has 0 saturated heterocycles. The van der Waals surface area contributed by atoms with Crippen molar-refractivity contribution in [2.45, 2.75) is 45.8 Å². The minimum absolute atomic E-state index is 0.0980. The van der Waals surface area contributed by atoms with Crippen LogP contribution in [0, 0.1) is 16.7 Å². The SMILES string of the molecule is CC(C)(C#N)CCCCSCC(NC(=O)OCc1ccccc1)C(=O)O. The number of alkyl carbamates (subject to hydrolysis) is 1. The Balaban J connectivity index is 2.25. The van der Waals surface area contributed by atoms with E-state index in [1.54, 1.807) is 0 Å². The fourth-order valence-corrected chi connectivity index (χ4v) is 3.15. The fourth-order valence-electron chi connectivity index (χ4n) is 2.11. The number of hydrogen-bond donors (Lipinski definition) is 2. The number of carboxylic acid groups (broad SMARTS) is 1. The number of nitrogens with zero attached hydrogens (tertiary/aromatic N) is 1. The van der Waals surface area contributed by atoms with Crippen molar-refractivity contribution >= 4 is 23.8 Å². The molecule has 6 nitrogen and oxygen atoms in total. The van der Waals surface area contributed by atoms with E-state index in [2.05, 4.69) is 11.4 Å². The number of rotatable bonds is 11. The van der Waals surface area contributed by atoms with Crippen LogP contribution >= 0.6 is 11.8 Å². The van der Waals surface area contributed by atoms with Crippen LogP contribution in [0.3, 0.4) is 0 Å². The number of aliphatic carboxylic acids is 1. The van der Waals surface area contributed by atoms with Crippen molar-refractivity contribution in [1.82, 2.24) is 5.32 Å². The van der Waals surface area contributed by atoms with Crippen LogP contribution in [-0.2, 0) is 16.1 Å². The Hall–Kier alpha value is -2.20. The smallest absolute Gasteiger partial charge is 0.408 e. The second-order valence-corrected chi connectivity index (χ2v) is 7.77. The number of unbranched alkanes of at least 4 members (excludes halogenated alkanes) is 1. The Labute approximate surface area is 158 Å². The molecule has 1 aromatic rings. The molecule has 0 aliphatic heterocycles. The summed E-state index contributed by atoms with van der Waals surface area (Å²) in [6.45, 7) is 3.91. The Kier molecular flexibility index (Phi) is 9.60. The van der Waals surface area contributed by atoms with E-state index in [0.717, 1.165) is 30.6 Å². The zero-order valence-electron chi connectivity index (χ0n) is 15.2. The minimum Gasteiger partial charge on any atom is -0.480 e. The topological polar surface area (TPSA) is 99.4 Å². The van der Waals surface area contributed by atoms with E-state index in [9.17, 15) is 14.7 Å². The van der Waals surface area contributed by atoms with Crippen LogP contribution in [0.2, 0.25) is 0 Å². The lowest BCUT2D eigenvalue weighted by Crippen LogP contribution is -2.42. The number of nitrogens with one attached hydrogen (secondary N) is 1. The maximum absolute atomic E-state index is 11.8. The number of carbonyl (C=O) groups excluding carboxylic acids is 1. The van der Waals surface area contributed by atoms with Gasteiger partial charge in [-0.2, -0.15) is 17.0 Å². The van der Waals surface area contributed by atoms with Gasteiger partial charge in [-0.05, 0) is 38.0 Å². The summed E-state index contributed by atoms with van der Waals surface area (Å²) < 4.78 is 5.05. The van der Waals surface area contributed by atoms with Gasteiger partial charge >= 0.3 is 12.1 Å². The van der Waals surface area contributed by atoms with Gasteiger partial charge in [0.2, 0.25) is 0 Å². The summed E-state index contributed by atoms with van der Waals surface area (Å²) >= 11 is 1.47. The molecule has 0 aliphatic rings. The van der Waals surface area contributed by atoms with Gasteiger partial charge in [0, 0.05) is 5.75 Å². The van der Waals surface area contributed by atoms with E-state index >= 15 is 0 Å². The minimum atomic E-state index is -1.08. The lowest BCUT2D eigenvalue weighted by Gasteiger charge is -2.15. The molecule has 0 aromatic heterocycles. The number of ether oxygens (including phenoxy) is 1. The lowest BCUT2D eigenvalue weighted by atomic mass is 9.89. The first-order chi connectivity index (χ1) is 12.3. The third kappa shape index (κ3) is 9.33. The van der Waals surface area contributed by atoms with Crippen molar-refractivity contribution in [3.63, 3.8) is 0 Å². The third-order valence-corrected chi connectivity index (χ3v) is 4.88. The van der Waals surface area contributed by atoms with Crippen LogP contribution in [0.4, 0.5) is 4.79 Å². The molecule has 0 radical (unpaired) electrons. The van der Waals surface area contributed by atoms with E-state index in [0.29, 0.717) is 0 Å². The predicted octanol–water partition coefficient (Wildman–Crippen LogP) is 3.82. The normalized spacial score (nSPS) is 12.0. The third-order valence-electron chi connectivity index (χ3n) is 3.73. The molecule has 142 valence electrons. The van der Waals surface area contributed by atoms with Crippen LogP contribution in [0.1, 0.15) is 38.7 Å². The van der Waals surface area contributed by atoms with Crippen molar-refractivity contribution in [1.29, 1.82) is 5.26 Å². The van der Waals surface area contributed by atoms with Gasteiger partial charge in [-0.3, -0.25) is 0 Å². The number of nitriles is 1. The van der Waals surface area contributed by atoms with Gasteiger partial charge in [0.1, 0.15) is 12.6 Å². The van der Waals surface area contributed by atoms with Gasteiger partial charge in [-0.15, -0.1) is 0 Å². The Morgan fingerprint density at radius 2 is 2.00 bits per heavy atom. The van der Waals surface area contributed by atoms with Crippen molar-refractivity contribution in [3.05, 3.63) is 35.9 Å². The average Bonchev–Trinajstić information content (AvgIpc) is 2.62. The number of amides is 1. The van der Waals surface area contributed by atoms with Gasteiger partial charge in [-0.1, -0.05) is 36.8 Å². The molecule has 1 rings (SSSR count). The number of carbonyl (C=O) groups is 2. The molecule has 1 amide bonds. The van der Waals surface area contributed by atoms with E-state index in [-0.39, 0.29) is 17.8 Å². The van der Waals surface area contributed by atoms with Gasteiger partial charge in [-0.25, -0.2) is 9.59 Å². The predicted molar refractivity (Wildman–Crippen MR) is 102 cm³/mol. The highest BCUT2D eigenvalue weighted by atomic mass is 32.2. The molecule has 1 unspecified atom stereocenters. The lowest BCUT2D eigenvalue weighted by molar-refractivity contribution is -0.138. The maximum Gasteiger partial charge on any atom is 0.408 e. The molecule has 2 N–H and O–H groups in total. The Morgan fingerprint density at radius 1 is 1.31 bits per heavy atom. The monoisotopic (exact) mass is 378 g/mol. The van der Waals surface area contributed by atoms with Crippen LogP contribution in [0.25, 0.3) is 0 Å². The molecule has 0 aliphatic carbocycles. The molecule has 0 heterocycles. The summed E-state index contributed by atoms with van der Waals surface area (Å²) in [4.78, 5) is 23.1. The summed E-state index contributed by atoms with van der Waals surface area (Å²) in [5.74, 6) is -0.0246. The van der Waals surface area contributed by atoms with Crippen LogP contribution in [-0.4, -0.2) is 34.7 Å². The van der Waals surface area contributed by atoms with Crippen LogP contribution < -0.4 is 5.32 Å². The van der Waals surface area contributed by atoms with Crippen molar-refractivity contribution < 1.29 is 19.4 Å². The highest BCUT2D eigenvalue weighted by molar-refractivity contribution is 7.99. The summed E-state index contributed by atoms with van der Waals surface area (Å²) in [7, 11) is 0. The van der Waals surface area contributed by atoms with Gasteiger partial charge < -0.3 is 15.2 Å². The van der Waals surface area contributed by atoms with E-state index in [1.807, 2.05) is 44.2 Å². The Bertz CT molecular complexity index is 614. The number of hydrogen-bond acceptors (Lipinski definition) is 5. The molecule has 0 saturated carbocycles. The van der Waals surface area contributed by atoms with Gasteiger partial charge in [0.05, 0.1) is 11.5 Å². The zero-order valence-corrected chi connectivity index (χ0v) is 16.1. The number of carboxylic acids is 1. The van der Waals surface area contributed by atoms with Crippen LogP contribution in [0.15, 0.2) is 30.3 Å². The first kappa shape index (κ1) is 21.8. The highest BCUT2D eigenvalue weighted by Crippen LogP contribution is 2.22. The van der Waals surface area contributed by atoms with Crippen molar-refractivity contribution in [2.24, 2.45) is 5.41 Å². The molecule has 0 fully saturated rings. The summed E-state index contributed by atoms with van der Waals surface area (Å²) in [6.07, 6.45) is 1.90. The molecule has 7 heteroatoms. The van der Waals surface area contributed by atoms with Gasteiger partial charge in [0.15, 0.2) is 0 Å².